The van der Waals surface area contributed by atoms with Crippen LogP contribution in [0.15, 0.2) is 21.4 Å². The molecule has 2 heterocycles. The highest BCUT2D eigenvalue weighted by Gasteiger charge is 2.26. The van der Waals surface area contributed by atoms with E-state index in [9.17, 15) is 4.79 Å². The van der Waals surface area contributed by atoms with Gasteiger partial charge in [-0.3, -0.25) is 14.3 Å². The third kappa shape index (κ3) is 3.73. The van der Waals surface area contributed by atoms with Gasteiger partial charge < -0.3 is 5.32 Å². The minimum absolute atomic E-state index is 0.0837. The predicted molar refractivity (Wildman–Crippen MR) is 111 cm³/mol. The fraction of sp³-hybridized carbons (Fsp3) is 0.600. The molecule has 26 heavy (non-hydrogen) atoms. The van der Waals surface area contributed by atoms with Gasteiger partial charge in [-0.15, -0.1) is 0 Å². The number of rotatable bonds is 5. The van der Waals surface area contributed by atoms with Gasteiger partial charge in [-0.2, -0.15) is 0 Å². The van der Waals surface area contributed by atoms with E-state index in [2.05, 4.69) is 33.1 Å². The summed E-state index contributed by atoms with van der Waals surface area (Å²) in [6.45, 7) is 11.0. The molecule has 1 atom stereocenters. The molecule has 1 saturated heterocycles. The third-order valence-electron chi connectivity index (χ3n) is 5.34. The lowest BCUT2D eigenvalue weighted by atomic mass is 10.1. The number of aromatic nitrogens is 2. The van der Waals surface area contributed by atoms with E-state index in [-0.39, 0.29) is 11.6 Å². The van der Waals surface area contributed by atoms with Crippen LogP contribution in [0.3, 0.4) is 0 Å². The number of nitrogens with zero attached hydrogens (tertiary/aromatic N) is 3. The molecule has 142 valence electrons. The minimum Gasteiger partial charge on any atom is -0.315 e. The number of nitrogens with one attached hydrogen (secondary N) is 1. The van der Waals surface area contributed by atoms with Crippen molar-refractivity contribution in [2.24, 2.45) is 0 Å². The van der Waals surface area contributed by atoms with Crippen LogP contribution in [-0.2, 0) is 6.54 Å². The Morgan fingerprint density at radius 3 is 2.81 bits per heavy atom. The number of aryl methyl sites for hydroxylation is 1. The zero-order valence-corrected chi connectivity index (χ0v) is 17.6. The van der Waals surface area contributed by atoms with E-state index in [0.29, 0.717) is 6.54 Å². The van der Waals surface area contributed by atoms with E-state index in [0.717, 1.165) is 72.2 Å². The van der Waals surface area contributed by atoms with Crippen LogP contribution in [-0.4, -0.2) is 40.6 Å². The summed E-state index contributed by atoms with van der Waals surface area (Å²) in [7, 11) is 0. The van der Waals surface area contributed by atoms with Crippen molar-refractivity contribution in [3.8, 4) is 0 Å². The zero-order valence-electron chi connectivity index (χ0n) is 16.0. The summed E-state index contributed by atoms with van der Waals surface area (Å²) in [6, 6.07) is 4.15. The summed E-state index contributed by atoms with van der Waals surface area (Å²) in [4.78, 5) is 20.8. The molecule has 1 unspecified atom stereocenters. The van der Waals surface area contributed by atoms with Crippen LogP contribution in [0.25, 0.3) is 10.9 Å². The molecule has 1 aromatic heterocycles. The average molecular weight is 421 g/mol. The van der Waals surface area contributed by atoms with Gasteiger partial charge in [-0.05, 0) is 50.9 Å². The van der Waals surface area contributed by atoms with Crippen LogP contribution in [0.5, 0.6) is 0 Å². The maximum absolute atomic E-state index is 13.3. The van der Waals surface area contributed by atoms with E-state index < -0.39 is 0 Å². The van der Waals surface area contributed by atoms with Crippen LogP contribution in [0, 0.1) is 6.92 Å². The van der Waals surface area contributed by atoms with Gasteiger partial charge in [0.25, 0.3) is 5.56 Å². The van der Waals surface area contributed by atoms with Crippen LogP contribution in [0.1, 0.15) is 50.5 Å². The summed E-state index contributed by atoms with van der Waals surface area (Å²) < 4.78 is 2.85. The summed E-state index contributed by atoms with van der Waals surface area (Å²) in [5, 5.41) is 4.21. The Morgan fingerprint density at radius 1 is 1.27 bits per heavy atom. The normalized spacial score (nSPS) is 17.4. The Bertz CT molecular complexity index is 825. The third-order valence-corrected chi connectivity index (χ3v) is 6.20. The molecule has 6 heteroatoms. The standard InChI is InChI=1S/C20H29BrN4O/c1-4-7-17(24-12-6-10-22-11-13-24)19-23-16-9-8-15(21)14(3)18(16)20(26)25(19)5-2/h8-9,17,22H,4-7,10-13H2,1-3H3. The first-order valence-corrected chi connectivity index (χ1v) is 10.5. The highest BCUT2D eigenvalue weighted by molar-refractivity contribution is 9.10. The molecule has 2 aromatic rings. The molecule has 1 N–H and O–H groups in total. The summed E-state index contributed by atoms with van der Waals surface area (Å²) in [5.74, 6) is 0.926. The largest absolute Gasteiger partial charge is 0.315 e. The van der Waals surface area contributed by atoms with E-state index >= 15 is 0 Å². The van der Waals surface area contributed by atoms with Crippen LogP contribution in [0.2, 0.25) is 0 Å². The first-order valence-electron chi connectivity index (χ1n) is 9.72. The van der Waals surface area contributed by atoms with Gasteiger partial charge in [0.05, 0.1) is 16.9 Å². The topological polar surface area (TPSA) is 50.2 Å². The molecule has 0 radical (unpaired) electrons. The second kappa shape index (κ2) is 8.63. The second-order valence-electron chi connectivity index (χ2n) is 7.03. The lowest BCUT2D eigenvalue weighted by molar-refractivity contribution is 0.185. The molecular formula is C20H29BrN4O. The van der Waals surface area contributed by atoms with Gasteiger partial charge in [-0.1, -0.05) is 29.3 Å². The zero-order chi connectivity index (χ0) is 18.7. The lowest BCUT2D eigenvalue weighted by Gasteiger charge is -2.31. The molecule has 5 nitrogen and oxygen atoms in total. The predicted octanol–water partition coefficient (Wildman–Crippen LogP) is 3.62. The average Bonchev–Trinajstić information content (AvgIpc) is 2.91. The van der Waals surface area contributed by atoms with Gasteiger partial charge in [0.2, 0.25) is 0 Å². The highest BCUT2D eigenvalue weighted by atomic mass is 79.9. The van der Waals surface area contributed by atoms with Crippen molar-refractivity contribution < 1.29 is 0 Å². The van der Waals surface area contributed by atoms with Gasteiger partial charge in [0.15, 0.2) is 0 Å². The molecule has 1 aliphatic rings. The van der Waals surface area contributed by atoms with Crippen molar-refractivity contribution in [1.82, 2.24) is 19.8 Å². The fourth-order valence-corrected chi connectivity index (χ4v) is 4.27. The Labute approximate surface area is 163 Å². The summed E-state index contributed by atoms with van der Waals surface area (Å²) in [5.41, 5.74) is 1.87. The fourth-order valence-electron chi connectivity index (χ4n) is 3.94. The Balaban J connectivity index is 2.17. The van der Waals surface area contributed by atoms with Crippen molar-refractivity contribution >= 4 is 26.8 Å². The number of benzene rings is 1. The Kier molecular flexibility index (Phi) is 6.48. The van der Waals surface area contributed by atoms with E-state index in [4.69, 9.17) is 4.98 Å². The maximum atomic E-state index is 13.3. The smallest absolute Gasteiger partial charge is 0.261 e. The molecular weight excluding hydrogens is 392 g/mol. The highest BCUT2D eigenvalue weighted by Crippen LogP contribution is 2.28. The van der Waals surface area contributed by atoms with Crippen LogP contribution in [0.4, 0.5) is 0 Å². The van der Waals surface area contributed by atoms with Gasteiger partial charge in [0, 0.05) is 30.7 Å². The molecule has 1 aromatic carbocycles. The van der Waals surface area contributed by atoms with Crippen LogP contribution < -0.4 is 10.9 Å². The van der Waals surface area contributed by atoms with Crippen molar-refractivity contribution in [3.05, 3.63) is 38.3 Å². The van der Waals surface area contributed by atoms with Crippen molar-refractivity contribution in [3.63, 3.8) is 0 Å². The van der Waals surface area contributed by atoms with E-state index in [1.54, 1.807) is 0 Å². The molecule has 1 fully saturated rings. The molecule has 0 aliphatic carbocycles. The summed E-state index contributed by atoms with van der Waals surface area (Å²) in [6.07, 6.45) is 3.23. The number of hydrogen-bond acceptors (Lipinski definition) is 4. The molecule has 3 rings (SSSR count). The molecule has 1 aliphatic heterocycles. The van der Waals surface area contributed by atoms with Crippen molar-refractivity contribution in [2.75, 3.05) is 26.2 Å². The quantitative estimate of drug-likeness (QED) is 0.801. The Hall–Kier alpha value is -1.24. The first kappa shape index (κ1) is 19.5. The van der Waals surface area contributed by atoms with E-state index in [1.165, 1.54) is 0 Å². The van der Waals surface area contributed by atoms with E-state index in [1.807, 2.05) is 30.5 Å². The minimum atomic E-state index is 0.0837. The molecule has 0 spiro atoms. The maximum Gasteiger partial charge on any atom is 0.261 e. The first-order chi connectivity index (χ1) is 12.6. The number of fused-ring (bicyclic) bond motifs is 1. The van der Waals surface area contributed by atoms with Crippen molar-refractivity contribution in [2.45, 2.75) is 52.6 Å². The van der Waals surface area contributed by atoms with Crippen molar-refractivity contribution in [1.29, 1.82) is 0 Å². The van der Waals surface area contributed by atoms with Gasteiger partial charge >= 0.3 is 0 Å². The van der Waals surface area contributed by atoms with Gasteiger partial charge in [0.1, 0.15) is 5.82 Å². The SMILES string of the molecule is CCCC(c1nc2ccc(Br)c(C)c2c(=O)n1CC)N1CCCNCC1. The van der Waals surface area contributed by atoms with Gasteiger partial charge in [-0.25, -0.2) is 4.98 Å². The molecule has 0 saturated carbocycles. The number of hydrogen-bond donors (Lipinski definition) is 1. The second-order valence-corrected chi connectivity index (χ2v) is 7.88. The monoisotopic (exact) mass is 420 g/mol. The van der Waals surface area contributed by atoms with Crippen LogP contribution >= 0.6 is 15.9 Å². The number of halogens is 1. The molecule has 0 bridgehead atoms. The molecule has 0 amide bonds. The lowest BCUT2D eigenvalue weighted by Crippen LogP contribution is -2.37. The Morgan fingerprint density at radius 2 is 2.08 bits per heavy atom. The summed E-state index contributed by atoms with van der Waals surface area (Å²) >= 11 is 3.55.